The quantitative estimate of drug-likeness (QED) is 0.0143. The van der Waals surface area contributed by atoms with Gasteiger partial charge in [-0.2, -0.15) is 0 Å². The zero-order valence-corrected chi connectivity index (χ0v) is 78.0. The molecule has 0 aromatic rings. The van der Waals surface area contributed by atoms with Crippen molar-refractivity contribution in [1.82, 2.24) is 21.3 Å². The van der Waals surface area contributed by atoms with Crippen LogP contribution < -0.4 is 80.4 Å². The van der Waals surface area contributed by atoms with Crippen LogP contribution in [0.4, 0.5) is 4.79 Å². The van der Waals surface area contributed by atoms with Crippen molar-refractivity contribution >= 4 is 45.4 Å². The van der Waals surface area contributed by atoms with E-state index in [4.69, 9.17) is 37.0 Å². The first kappa shape index (κ1) is 113. The number of carbonyl (C=O) groups excluding carboxylic acids is 5. The summed E-state index contributed by atoms with van der Waals surface area (Å²) in [7, 11) is -9.20. The fourth-order valence-electron chi connectivity index (χ4n) is 13.3. The third kappa shape index (κ3) is 82.4. The van der Waals surface area contributed by atoms with E-state index >= 15 is 0 Å². The van der Waals surface area contributed by atoms with Crippen LogP contribution in [0.25, 0.3) is 0 Å². The molecule has 25 heteroatoms. The van der Waals surface area contributed by atoms with Crippen molar-refractivity contribution in [2.75, 3.05) is 65.9 Å². The fraction of sp³-hybridized carbons (Fsp3) is 0.941. The van der Waals surface area contributed by atoms with Crippen LogP contribution in [-0.4, -0.2) is 130 Å². The summed E-state index contributed by atoms with van der Waals surface area (Å²) in [6.07, 6.45) is 61.4. The molecule has 0 aliphatic carbocycles. The number of phosphoric acid groups is 2. The number of hydrogen-bond acceptors (Lipinski definition) is 15. The molecule has 0 bridgehead atoms. The molecule has 2 unspecified atom stereocenters. The minimum atomic E-state index is -4.60. The molecule has 0 fully saturated rings. The first-order valence-corrected chi connectivity index (χ1v) is 47.9. The summed E-state index contributed by atoms with van der Waals surface area (Å²) in [4.78, 5) is 86.5. The van der Waals surface area contributed by atoms with Gasteiger partial charge in [0.15, 0.2) is 0 Å². The van der Waals surface area contributed by atoms with E-state index in [0.29, 0.717) is 51.7 Å². The topological polar surface area (TPSA) is 282 Å². The third-order valence-corrected chi connectivity index (χ3v) is 22.1. The first-order chi connectivity index (χ1) is 52.5. The van der Waals surface area contributed by atoms with Gasteiger partial charge in [-0.3, -0.25) is 37.3 Å². The van der Waals surface area contributed by atoms with Crippen LogP contribution >= 0.6 is 15.6 Å². The molecule has 0 saturated carbocycles. The molecule has 0 aliphatic heterocycles. The summed E-state index contributed by atoms with van der Waals surface area (Å²) in [6.45, 7) is 12.5. The van der Waals surface area contributed by atoms with Crippen molar-refractivity contribution in [3.8, 4) is 0 Å². The van der Waals surface area contributed by atoms with Gasteiger partial charge in [0, 0.05) is 51.6 Å². The Morgan fingerprint density at radius 2 is 0.536 bits per heavy atom. The molecule has 21 nitrogen and oxygen atoms in total. The van der Waals surface area contributed by atoms with Crippen molar-refractivity contribution in [3.63, 3.8) is 0 Å². The van der Waals surface area contributed by atoms with E-state index in [-0.39, 0.29) is 164 Å². The van der Waals surface area contributed by atoms with Gasteiger partial charge in [-0.25, -0.2) is 13.9 Å². The molecule has 644 valence electrons. The van der Waals surface area contributed by atoms with Crippen LogP contribution in [-0.2, 0) is 65.4 Å². The van der Waals surface area contributed by atoms with Gasteiger partial charge in [0.1, 0.15) is 12.2 Å². The van der Waals surface area contributed by atoms with Crippen LogP contribution in [0.15, 0.2) is 0 Å². The maximum Gasteiger partial charge on any atom is 1.00 e. The summed E-state index contributed by atoms with van der Waals surface area (Å²) in [5.41, 5.74) is 0. The Balaban J connectivity index is -0.00000954. The van der Waals surface area contributed by atoms with Crippen LogP contribution in [0.3, 0.4) is 0 Å². The summed E-state index contributed by atoms with van der Waals surface area (Å²) < 4.78 is 71.4. The number of amides is 4. The Labute approximate surface area is 720 Å². The smallest absolute Gasteiger partial charge is 1.00 e. The number of rotatable bonds is 86. The van der Waals surface area contributed by atoms with Crippen molar-refractivity contribution in [2.24, 2.45) is 0 Å². The minimum absolute atomic E-state index is 0. The normalized spacial score (nSPS) is 13.6. The van der Waals surface area contributed by atoms with Gasteiger partial charge in [0.05, 0.1) is 64.9 Å². The number of urea groups is 1. The molecule has 0 rings (SSSR count). The van der Waals surface area contributed by atoms with Crippen molar-refractivity contribution in [1.29, 1.82) is 0 Å². The molecule has 6 N–H and O–H groups in total. The number of ether oxygens (including phenoxy) is 4. The van der Waals surface area contributed by atoms with Crippen LogP contribution in [0.1, 0.15) is 430 Å². The number of carbonyl (C=O) groups is 5. The number of hydrogen-bond donors (Lipinski definition) is 6. The second-order valence-corrected chi connectivity index (χ2v) is 33.6. The Morgan fingerprint density at radius 1 is 0.300 bits per heavy atom. The average molecular weight is 1630 g/mol. The van der Waals surface area contributed by atoms with Crippen LogP contribution in [0.5, 0.6) is 0 Å². The summed E-state index contributed by atoms with van der Waals surface area (Å²) >= 11 is 0. The maximum atomic E-state index is 13.3. The molecule has 0 heterocycles. The van der Waals surface area contributed by atoms with E-state index < -0.39 is 33.8 Å². The Morgan fingerprint density at radius 3 is 0.809 bits per heavy atom. The molecule has 4 amide bonds. The van der Waals surface area contributed by atoms with E-state index in [9.17, 15) is 42.9 Å². The van der Waals surface area contributed by atoms with Crippen molar-refractivity contribution < 1.29 is 142 Å². The molecule has 0 radical (unpaired) electrons. The molecule has 6 atom stereocenters. The molecule has 0 saturated heterocycles. The summed E-state index contributed by atoms with van der Waals surface area (Å²) in [5, 5.41) is 11.1. The zero-order valence-electron chi connectivity index (χ0n) is 74.2. The largest absolute Gasteiger partial charge is 1.00 e. The van der Waals surface area contributed by atoms with Gasteiger partial charge in [-0.05, 0) is 64.2 Å². The van der Waals surface area contributed by atoms with Gasteiger partial charge in [-0.15, -0.1) is 0 Å². The number of esters is 2. The Kier molecular flexibility index (Phi) is 88.8. The number of nitrogens with one attached hydrogen (secondary N) is 4. The van der Waals surface area contributed by atoms with E-state index in [0.717, 1.165) is 154 Å². The molecule has 110 heavy (non-hydrogen) atoms. The molecule has 0 spiro atoms. The van der Waals surface area contributed by atoms with E-state index in [2.05, 4.69) is 62.8 Å². The van der Waals surface area contributed by atoms with Gasteiger partial charge in [0.2, 0.25) is 11.8 Å². The first-order valence-electron chi connectivity index (χ1n) is 44.9. The molecule has 0 aliphatic rings. The number of phosphoric ester groups is 2. The third-order valence-electron chi connectivity index (χ3n) is 20.1. The van der Waals surface area contributed by atoms with Crippen LogP contribution in [0.2, 0.25) is 0 Å². The maximum absolute atomic E-state index is 13.3. The average Bonchev–Trinajstić information content (AvgIpc) is 0.935. The Hall–Kier alpha value is -0.710. The van der Waals surface area contributed by atoms with Crippen LogP contribution in [0, 0.1) is 0 Å². The van der Waals surface area contributed by atoms with Gasteiger partial charge in [-0.1, -0.05) is 324 Å². The SMILES string of the molecule is CCCCCCCCCCCCCC(=O)N[C@@H](CCOP(=O)(O)OCCNC(=O)NCCOP(=O)(O)OCC[C@@H](COCC[C@@H](CCCCCCC)OC(=O)CCCCCCCCCCC)NC(=O)CCCCCCCCCCCCC)COCC[C@@H](CCCCCCC)OC(=O)CCCCCCCCCCC.[H-].[H-].[Na+].[Na+]. The summed E-state index contributed by atoms with van der Waals surface area (Å²) in [6, 6.07) is -1.77. The minimum Gasteiger partial charge on any atom is -1.00 e. The second kappa shape index (κ2) is 86.1. The van der Waals surface area contributed by atoms with Crippen molar-refractivity contribution in [2.45, 2.75) is 451 Å². The van der Waals surface area contributed by atoms with Gasteiger partial charge < -0.3 is 52.9 Å². The predicted molar refractivity (Wildman–Crippen MR) is 443 cm³/mol. The van der Waals surface area contributed by atoms with E-state index in [1.54, 1.807) is 0 Å². The molecule has 0 aromatic heterocycles. The Bertz CT molecular complexity index is 2030. The second-order valence-electron chi connectivity index (χ2n) is 30.6. The molecule has 0 aromatic carbocycles. The zero-order chi connectivity index (χ0) is 79.2. The van der Waals surface area contributed by atoms with E-state index in [1.165, 1.54) is 180 Å². The van der Waals surface area contributed by atoms with E-state index in [1.807, 2.05) is 0 Å². The summed E-state index contributed by atoms with van der Waals surface area (Å²) in [5.74, 6) is -0.616. The van der Waals surface area contributed by atoms with Gasteiger partial charge >= 0.3 is 92.7 Å². The molecular formula is C85H170N4Na2O17P2. The predicted octanol–water partition coefficient (Wildman–Crippen LogP) is 17.1. The number of unbranched alkanes of at least 4 members (excludes halogenated alkanes) is 44. The monoisotopic (exact) mass is 1630 g/mol. The fourth-order valence-corrected chi connectivity index (χ4v) is 14.8. The van der Waals surface area contributed by atoms with Crippen molar-refractivity contribution in [3.05, 3.63) is 0 Å². The molecular weight excluding hydrogens is 1460 g/mol. The van der Waals surface area contributed by atoms with Gasteiger partial charge in [0.25, 0.3) is 0 Å². The standard InChI is InChI=1S/C85H168N4O17P2.2Na.2H/c1-7-13-19-25-29-33-35-39-41-47-53-59-81(90)88-77(75-99-69-65-79(57-51-45-23-17-11-5)105-83(92)61-55-49-43-37-31-27-21-15-9-3)63-71-101-107(95,96)103-73-67-86-85(94)87-68-74-104-108(97,98)102-72-64-78(89-82(91)60-54-48-42-40-36-34-30-26-20-14-8-2)76-100-70-66-80(58-52-46-24-18-12-6)106-84(93)62-56-50-44-38-32-28-22-16-10-4;;;;/h77-80H,7-76H2,1-6H3,(H,88,90)(H,89,91)(H,95,96)(H,97,98)(H2,86,87,94);;;;/q;2*+1;2*-1/t77-,78-,79+,80+;;;;/m0..../s1.